The van der Waals surface area contributed by atoms with Crippen molar-refractivity contribution in [1.82, 2.24) is 0 Å². The molecule has 0 bridgehead atoms. The Morgan fingerprint density at radius 2 is 1.67 bits per heavy atom. The van der Waals surface area contributed by atoms with Crippen LogP contribution < -0.4 is 15.4 Å². The Balaban J connectivity index is 2.02. The fourth-order valence-electron chi connectivity index (χ4n) is 2.56. The van der Waals surface area contributed by atoms with Crippen LogP contribution in [0.25, 0.3) is 0 Å². The zero-order chi connectivity index (χ0) is 20.0. The van der Waals surface area contributed by atoms with Crippen LogP contribution in [0.5, 0.6) is 5.75 Å². The van der Waals surface area contributed by atoms with Crippen molar-refractivity contribution in [1.29, 1.82) is 0 Å². The third-order valence-corrected chi connectivity index (χ3v) is 4.21. The highest BCUT2D eigenvalue weighted by Crippen LogP contribution is 2.35. The molecule has 0 aliphatic rings. The van der Waals surface area contributed by atoms with E-state index in [1.807, 2.05) is 64.1 Å². The smallest absolute Gasteiger partial charge is 0.224 e. The number of carbonyl (C=O) groups is 1. The minimum atomic E-state index is -0.00220. The fourth-order valence-corrected chi connectivity index (χ4v) is 3.18. The van der Waals surface area contributed by atoms with E-state index in [2.05, 4.69) is 10.6 Å². The Hall–Kier alpha value is -1.91. The number of nitrogens with one attached hydrogen (secondary N) is 2. The second kappa shape index (κ2) is 9.86. The molecule has 0 saturated heterocycles. The van der Waals surface area contributed by atoms with Crippen molar-refractivity contribution in [3.05, 3.63) is 52.0 Å². The molecule has 0 heterocycles. The lowest BCUT2D eigenvalue weighted by atomic mass is 10.1. The largest absolute Gasteiger partial charge is 0.488 e. The van der Waals surface area contributed by atoms with Gasteiger partial charge in [0.1, 0.15) is 0 Å². The number of halogens is 2. The van der Waals surface area contributed by atoms with Gasteiger partial charge in [-0.1, -0.05) is 43.1 Å². The van der Waals surface area contributed by atoms with E-state index in [9.17, 15) is 4.79 Å². The number of amides is 1. The van der Waals surface area contributed by atoms with Crippen LogP contribution >= 0.6 is 23.2 Å². The second-order valence-corrected chi connectivity index (χ2v) is 7.95. The zero-order valence-electron chi connectivity index (χ0n) is 16.1. The maximum absolute atomic E-state index is 11.9. The van der Waals surface area contributed by atoms with Gasteiger partial charge in [-0.15, -0.1) is 0 Å². The van der Waals surface area contributed by atoms with Gasteiger partial charge in [-0.05, 0) is 55.7 Å². The van der Waals surface area contributed by atoms with Crippen molar-refractivity contribution in [2.75, 3.05) is 10.6 Å². The minimum absolute atomic E-state index is 0.00220. The molecule has 0 fully saturated rings. The summed E-state index contributed by atoms with van der Waals surface area (Å²) in [4.78, 5) is 11.9. The molecule has 27 heavy (non-hydrogen) atoms. The Kier molecular flexibility index (Phi) is 7.81. The van der Waals surface area contributed by atoms with Gasteiger partial charge in [-0.2, -0.15) is 0 Å². The SMILES string of the molecule is CC(C)CC(=O)Nc1cccc(NCc2cc(Cl)c(OC(C)C)c(Cl)c2)c1. The first-order chi connectivity index (χ1) is 12.7. The third-order valence-electron chi connectivity index (χ3n) is 3.65. The van der Waals surface area contributed by atoms with Gasteiger partial charge in [-0.25, -0.2) is 0 Å². The number of carbonyl (C=O) groups excluding carboxylic acids is 1. The molecular weight excluding hydrogens is 383 g/mol. The highest BCUT2D eigenvalue weighted by molar-refractivity contribution is 6.37. The molecule has 0 aliphatic carbocycles. The van der Waals surface area contributed by atoms with Gasteiger partial charge in [0.15, 0.2) is 5.75 Å². The molecule has 6 heteroatoms. The molecule has 146 valence electrons. The molecule has 0 spiro atoms. The molecule has 0 atom stereocenters. The maximum Gasteiger partial charge on any atom is 0.224 e. The average molecular weight is 409 g/mol. The van der Waals surface area contributed by atoms with Gasteiger partial charge in [-0.3, -0.25) is 4.79 Å². The predicted molar refractivity (Wildman–Crippen MR) is 114 cm³/mol. The van der Waals surface area contributed by atoms with Crippen LogP contribution in [0, 0.1) is 5.92 Å². The van der Waals surface area contributed by atoms with Gasteiger partial charge >= 0.3 is 0 Å². The maximum atomic E-state index is 11.9. The number of ether oxygens (including phenoxy) is 1. The number of anilines is 2. The van der Waals surface area contributed by atoms with Crippen molar-refractivity contribution >= 4 is 40.5 Å². The first kappa shape index (κ1) is 21.4. The van der Waals surface area contributed by atoms with Gasteiger partial charge in [0.05, 0.1) is 16.1 Å². The lowest BCUT2D eigenvalue weighted by Crippen LogP contribution is -2.13. The van der Waals surface area contributed by atoms with E-state index in [4.69, 9.17) is 27.9 Å². The minimum Gasteiger partial charge on any atom is -0.488 e. The predicted octanol–water partition coefficient (Wildman–Crippen LogP) is 6.38. The molecule has 2 aromatic carbocycles. The number of benzene rings is 2. The van der Waals surface area contributed by atoms with E-state index in [-0.39, 0.29) is 12.0 Å². The topological polar surface area (TPSA) is 50.4 Å². The van der Waals surface area contributed by atoms with E-state index in [0.717, 1.165) is 16.9 Å². The molecule has 1 amide bonds. The van der Waals surface area contributed by atoms with E-state index in [1.54, 1.807) is 0 Å². The van der Waals surface area contributed by atoms with E-state index >= 15 is 0 Å². The summed E-state index contributed by atoms with van der Waals surface area (Å²) in [5.41, 5.74) is 2.60. The fraction of sp³-hybridized carbons (Fsp3) is 0.381. The van der Waals surface area contributed by atoms with E-state index < -0.39 is 0 Å². The standard InChI is InChI=1S/C21H26Cl2N2O2/c1-13(2)8-20(26)25-17-7-5-6-16(11-17)24-12-15-9-18(22)21(19(23)10-15)27-14(3)4/h5-7,9-11,13-14,24H,8,12H2,1-4H3,(H,25,26). The molecule has 0 aliphatic heterocycles. The number of hydrogen-bond acceptors (Lipinski definition) is 3. The zero-order valence-corrected chi connectivity index (χ0v) is 17.6. The third kappa shape index (κ3) is 6.96. The summed E-state index contributed by atoms with van der Waals surface area (Å²) in [7, 11) is 0. The molecule has 0 unspecified atom stereocenters. The summed E-state index contributed by atoms with van der Waals surface area (Å²) in [6, 6.07) is 11.3. The Morgan fingerprint density at radius 1 is 1.04 bits per heavy atom. The number of rotatable bonds is 8. The first-order valence-corrected chi connectivity index (χ1v) is 9.78. The second-order valence-electron chi connectivity index (χ2n) is 7.14. The highest BCUT2D eigenvalue weighted by atomic mass is 35.5. The van der Waals surface area contributed by atoms with Crippen molar-refractivity contribution in [3.8, 4) is 5.75 Å². The van der Waals surface area contributed by atoms with Crippen LogP contribution in [-0.4, -0.2) is 12.0 Å². The summed E-state index contributed by atoms with van der Waals surface area (Å²) in [6.07, 6.45) is 0.497. The average Bonchev–Trinajstić information content (AvgIpc) is 2.55. The first-order valence-electron chi connectivity index (χ1n) is 9.03. The normalized spacial score (nSPS) is 11.0. The molecule has 0 saturated carbocycles. The van der Waals surface area contributed by atoms with Gasteiger partial charge < -0.3 is 15.4 Å². The Labute approximate surface area is 171 Å². The number of hydrogen-bond donors (Lipinski definition) is 2. The van der Waals surface area contributed by atoms with Crippen LogP contribution in [0.4, 0.5) is 11.4 Å². The summed E-state index contributed by atoms with van der Waals surface area (Å²) < 4.78 is 5.65. The Bertz CT molecular complexity index is 768. The molecule has 2 rings (SSSR count). The van der Waals surface area contributed by atoms with E-state index in [0.29, 0.717) is 34.7 Å². The summed E-state index contributed by atoms with van der Waals surface area (Å²) in [6.45, 7) is 8.44. The summed E-state index contributed by atoms with van der Waals surface area (Å²) in [5.74, 6) is 0.844. The van der Waals surface area contributed by atoms with Crippen LogP contribution in [-0.2, 0) is 11.3 Å². The van der Waals surface area contributed by atoms with Crippen LogP contribution in [0.2, 0.25) is 10.0 Å². The van der Waals surface area contributed by atoms with Crippen LogP contribution in [0.15, 0.2) is 36.4 Å². The lowest BCUT2D eigenvalue weighted by Gasteiger charge is -2.15. The summed E-state index contributed by atoms with van der Waals surface area (Å²) >= 11 is 12.6. The van der Waals surface area contributed by atoms with Crippen molar-refractivity contribution in [3.63, 3.8) is 0 Å². The molecule has 2 N–H and O–H groups in total. The van der Waals surface area contributed by atoms with Gasteiger partial charge in [0, 0.05) is 24.3 Å². The monoisotopic (exact) mass is 408 g/mol. The summed E-state index contributed by atoms with van der Waals surface area (Å²) in [5, 5.41) is 7.22. The molecule has 0 aromatic heterocycles. The van der Waals surface area contributed by atoms with Crippen molar-refractivity contribution in [2.45, 2.75) is 46.8 Å². The van der Waals surface area contributed by atoms with Crippen molar-refractivity contribution < 1.29 is 9.53 Å². The molecule has 4 nitrogen and oxygen atoms in total. The molecule has 0 radical (unpaired) electrons. The van der Waals surface area contributed by atoms with Crippen molar-refractivity contribution in [2.24, 2.45) is 5.92 Å². The van der Waals surface area contributed by atoms with Gasteiger partial charge in [0.2, 0.25) is 5.91 Å². The molecule has 2 aromatic rings. The highest BCUT2D eigenvalue weighted by Gasteiger charge is 2.11. The van der Waals surface area contributed by atoms with Crippen LogP contribution in [0.1, 0.15) is 39.7 Å². The quantitative estimate of drug-likeness (QED) is 0.532. The lowest BCUT2D eigenvalue weighted by molar-refractivity contribution is -0.116. The van der Waals surface area contributed by atoms with E-state index in [1.165, 1.54) is 0 Å². The van der Waals surface area contributed by atoms with Crippen LogP contribution in [0.3, 0.4) is 0 Å². The van der Waals surface area contributed by atoms with Gasteiger partial charge in [0.25, 0.3) is 0 Å². The Morgan fingerprint density at radius 3 is 2.26 bits per heavy atom. The molecular formula is C21H26Cl2N2O2.